The minimum absolute atomic E-state index is 0.0210. The summed E-state index contributed by atoms with van der Waals surface area (Å²) < 4.78 is 5.97. The maximum atomic E-state index is 5.97. The van der Waals surface area contributed by atoms with E-state index in [4.69, 9.17) is 4.74 Å². The number of rotatable bonds is 8. The molecule has 1 N–H and O–H groups in total. The van der Waals surface area contributed by atoms with Crippen LogP contribution in [0.15, 0.2) is 54.6 Å². The number of ether oxygens (including phenoxy) is 1. The predicted molar refractivity (Wildman–Crippen MR) is 114 cm³/mol. The van der Waals surface area contributed by atoms with Gasteiger partial charge in [-0.05, 0) is 76.0 Å². The molecule has 1 saturated heterocycles. The van der Waals surface area contributed by atoms with Crippen LogP contribution in [0, 0.1) is 18.8 Å². The summed E-state index contributed by atoms with van der Waals surface area (Å²) in [5.74, 6) is 1.45. The van der Waals surface area contributed by atoms with Crippen LogP contribution in [0.5, 0.6) is 0 Å². The van der Waals surface area contributed by atoms with Gasteiger partial charge in [0, 0.05) is 13.2 Å². The second-order valence-corrected chi connectivity index (χ2v) is 8.76. The zero-order chi connectivity index (χ0) is 19.1. The molecule has 1 heterocycles. The summed E-state index contributed by atoms with van der Waals surface area (Å²) in [6, 6.07) is 19.8. The van der Waals surface area contributed by atoms with Crippen LogP contribution >= 0.6 is 0 Å². The average Bonchev–Trinajstić information content (AvgIpc) is 2.65. The Morgan fingerprint density at radius 3 is 2.48 bits per heavy atom. The Morgan fingerprint density at radius 1 is 1.04 bits per heavy atom. The number of aryl methyl sites for hydroxylation is 1. The highest BCUT2D eigenvalue weighted by molar-refractivity contribution is 5.21. The molecule has 27 heavy (non-hydrogen) atoms. The largest absolute Gasteiger partial charge is 0.376 e. The maximum absolute atomic E-state index is 5.97. The lowest BCUT2D eigenvalue weighted by molar-refractivity contribution is -0.0830. The Morgan fingerprint density at radius 2 is 1.78 bits per heavy atom. The average molecular weight is 366 g/mol. The topological polar surface area (TPSA) is 21.3 Å². The fourth-order valence-corrected chi connectivity index (χ4v) is 4.33. The van der Waals surface area contributed by atoms with Crippen molar-refractivity contribution in [2.75, 3.05) is 13.2 Å². The highest BCUT2D eigenvalue weighted by Crippen LogP contribution is 2.36. The highest BCUT2D eigenvalue weighted by atomic mass is 16.5. The normalized spacial score (nSPS) is 20.3. The van der Waals surface area contributed by atoms with Crippen molar-refractivity contribution in [2.24, 2.45) is 11.8 Å². The van der Waals surface area contributed by atoms with E-state index in [1.54, 1.807) is 0 Å². The van der Waals surface area contributed by atoms with E-state index in [0.29, 0.717) is 5.92 Å². The molecule has 146 valence electrons. The van der Waals surface area contributed by atoms with Crippen molar-refractivity contribution in [1.82, 2.24) is 5.32 Å². The van der Waals surface area contributed by atoms with Crippen LogP contribution in [0.4, 0.5) is 0 Å². The Hall–Kier alpha value is -1.64. The van der Waals surface area contributed by atoms with E-state index < -0.39 is 0 Å². The predicted octanol–water partition coefficient (Wildman–Crippen LogP) is 5.54. The molecule has 2 unspecified atom stereocenters. The van der Waals surface area contributed by atoms with E-state index in [1.165, 1.54) is 42.4 Å². The Balaban J connectivity index is 1.56. The van der Waals surface area contributed by atoms with Gasteiger partial charge in [0.25, 0.3) is 0 Å². The van der Waals surface area contributed by atoms with Crippen molar-refractivity contribution in [2.45, 2.75) is 58.6 Å². The second kappa shape index (κ2) is 9.52. The zero-order valence-electron chi connectivity index (χ0n) is 17.2. The molecule has 1 aliphatic rings. The molecule has 2 aromatic carbocycles. The molecule has 1 fully saturated rings. The van der Waals surface area contributed by atoms with Gasteiger partial charge in [-0.25, -0.2) is 0 Å². The molecule has 0 amide bonds. The highest BCUT2D eigenvalue weighted by Gasteiger charge is 2.33. The van der Waals surface area contributed by atoms with Crippen LogP contribution in [0.1, 0.15) is 49.8 Å². The van der Waals surface area contributed by atoms with Crippen molar-refractivity contribution in [3.63, 3.8) is 0 Å². The molecular formula is C25H35NO. The Bertz CT molecular complexity index is 677. The SMILES string of the molecule is Cc1ccc(CNCCC(Cc2ccccc2)C2CCOC(C)(C)C2)cc1. The third kappa shape index (κ3) is 6.48. The summed E-state index contributed by atoms with van der Waals surface area (Å²) in [5.41, 5.74) is 4.18. The molecule has 0 aromatic heterocycles. The summed E-state index contributed by atoms with van der Waals surface area (Å²) in [6.45, 7) is 9.56. The monoisotopic (exact) mass is 365 g/mol. The van der Waals surface area contributed by atoms with E-state index in [0.717, 1.165) is 25.6 Å². The van der Waals surface area contributed by atoms with E-state index in [2.05, 4.69) is 80.7 Å². The summed E-state index contributed by atoms with van der Waals surface area (Å²) in [5, 5.41) is 3.67. The molecule has 3 rings (SSSR count). The molecule has 0 aliphatic carbocycles. The first-order valence-corrected chi connectivity index (χ1v) is 10.5. The van der Waals surface area contributed by atoms with Crippen molar-refractivity contribution < 1.29 is 4.74 Å². The van der Waals surface area contributed by atoms with Crippen LogP contribution in [0.3, 0.4) is 0 Å². The Kier molecular flexibility index (Phi) is 7.09. The molecule has 0 saturated carbocycles. The van der Waals surface area contributed by atoms with Gasteiger partial charge in [-0.1, -0.05) is 60.2 Å². The van der Waals surface area contributed by atoms with Gasteiger partial charge in [0.2, 0.25) is 0 Å². The Labute approximate surface area is 165 Å². The second-order valence-electron chi connectivity index (χ2n) is 8.76. The van der Waals surface area contributed by atoms with Crippen molar-refractivity contribution in [3.8, 4) is 0 Å². The van der Waals surface area contributed by atoms with Gasteiger partial charge in [-0.15, -0.1) is 0 Å². The molecule has 0 radical (unpaired) electrons. The van der Waals surface area contributed by atoms with Crippen LogP contribution in [-0.4, -0.2) is 18.8 Å². The lowest BCUT2D eigenvalue weighted by atomic mass is 9.75. The van der Waals surface area contributed by atoms with Crippen LogP contribution in [-0.2, 0) is 17.7 Å². The third-order valence-corrected chi connectivity index (χ3v) is 5.88. The quantitative estimate of drug-likeness (QED) is 0.620. The molecular weight excluding hydrogens is 330 g/mol. The van der Waals surface area contributed by atoms with Crippen LogP contribution in [0.2, 0.25) is 0 Å². The fraction of sp³-hybridized carbons (Fsp3) is 0.520. The van der Waals surface area contributed by atoms with Gasteiger partial charge >= 0.3 is 0 Å². The van der Waals surface area contributed by atoms with Crippen molar-refractivity contribution >= 4 is 0 Å². The van der Waals surface area contributed by atoms with Gasteiger partial charge in [0.1, 0.15) is 0 Å². The van der Waals surface area contributed by atoms with E-state index in [1.807, 2.05) is 0 Å². The first kappa shape index (κ1) is 20.1. The van der Waals surface area contributed by atoms with Crippen molar-refractivity contribution in [3.05, 3.63) is 71.3 Å². The molecule has 0 spiro atoms. The maximum Gasteiger partial charge on any atom is 0.0629 e. The zero-order valence-corrected chi connectivity index (χ0v) is 17.2. The van der Waals surface area contributed by atoms with E-state index in [9.17, 15) is 0 Å². The van der Waals surface area contributed by atoms with E-state index >= 15 is 0 Å². The molecule has 0 bridgehead atoms. The molecule has 1 aliphatic heterocycles. The number of benzene rings is 2. The molecule has 2 nitrogen and oxygen atoms in total. The van der Waals surface area contributed by atoms with Crippen LogP contribution in [0.25, 0.3) is 0 Å². The first-order chi connectivity index (χ1) is 13.0. The van der Waals surface area contributed by atoms with Crippen LogP contribution < -0.4 is 5.32 Å². The van der Waals surface area contributed by atoms with Gasteiger partial charge in [-0.2, -0.15) is 0 Å². The fourth-order valence-electron chi connectivity index (χ4n) is 4.33. The minimum Gasteiger partial charge on any atom is -0.376 e. The summed E-state index contributed by atoms with van der Waals surface area (Å²) in [6.07, 6.45) is 4.76. The smallest absolute Gasteiger partial charge is 0.0629 e. The molecule has 2 heteroatoms. The van der Waals surface area contributed by atoms with Gasteiger partial charge in [0.05, 0.1) is 5.60 Å². The van der Waals surface area contributed by atoms with E-state index in [-0.39, 0.29) is 5.60 Å². The molecule has 2 atom stereocenters. The standard InChI is InChI=1S/C25H35NO/c1-20-9-11-22(12-10-20)19-26-15-13-23(17-21-7-5-4-6-8-21)24-14-16-27-25(2,3)18-24/h4-12,23-24,26H,13-19H2,1-3H3. The van der Waals surface area contributed by atoms with Gasteiger partial charge < -0.3 is 10.1 Å². The first-order valence-electron chi connectivity index (χ1n) is 10.5. The summed E-state index contributed by atoms with van der Waals surface area (Å²) in [7, 11) is 0. The lowest BCUT2D eigenvalue weighted by Crippen LogP contribution is -2.38. The number of hydrogen-bond acceptors (Lipinski definition) is 2. The van der Waals surface area contributed by atoms with Gasteiger partial charge in [0.15, 0.2) is 0 Å². The number of hydrogen-bond donors (Lipinski definition) is 1. The van der Waals surface area contributed by atoms with Gasteiger partial charge in [-0.3, -0.25) is 0 Å². The number of nitrogens with one attached hydrogen (secondary N) is 1. The minimum atomic E-state index is 0.0210. The summed E-state index contributed by atoms with van der Waals surface area (Å²) >= 11 is 0. The summed E-state index contributed by atoms with van der Waals surface area (Å²) in [4.78, 5) is 0. The lowest BCUT2D eigenvalue weighted by Gasteiger charge is -2.39. The van der Waals surface area contributed by atoms with Crippen molar-refractivity contribution in [1.29, 1.82) is 0 Å². The third-order valence-electron chi connectivity index (χ3n) is 5.88. The molecule has 2 aromatic rings.